The van der Waals surface area contributed by atoms with Crippen LogP contribution in [0.3, 0.4) is 0 Å². The van der Waals surface area contributed by atoms with Crippen LogP contribution in [0.2, 0.25) is 5.02 Å². The molecule has 0 saturated carbocycles. The lowest BCUT2D eigenvalue weighted by Crippen LogP contribution is -2.51. The number of benzene rings is 2. The number of nitrogens with one attached hydrogen (secondary N) is 1. The van der Waals surface area contributed by atoms with Crippen molar-refractivity contribution in [2.75, 3.05) is 12.3 Å². The van der Waals surface area contributed by atoms with E-state index in [0.29, 0.717) is 0 Å². The first-order valence-corrected chi connectivity index (χ1v) is 7.94. The number of H-pyrrole nitrogens is 1. The van der Waals surface area contributed by atoms with Gasteiger partial charge in [-0.1, -0.05) is 41.9 Å². The summed E-state index contributed by atoms with van der Waals surface area (Å²) in [6.07, 6.45) is 0. The minimum atomic E-state index is 0.761. The van der Waals surface area contributed by atoms with E-state index in [2.05, 4.69) is 47.1 Å². The van der Waals surface area contributed by atoms with Crippen molar-refractivity contribution in [2.24, 2.45) is 0 Å². The van der Waals surface area contributed by atoms with Crippen molar-refractivity contribution < 1.29 is 5.73 Å². The molecule has 0 bridgehead atoms. The Hall–Kier alpha value is -1.42. The summed E-state index contributed by atoms with van der Waals surface area (Å²) < 4.78 is 0. The fourth-order valence-corrected chi connectivity index (χ4v) is 3.38. The molecule has 2 aromatic carbocycles. The molecule has 0 aliphatic carbocycles. The van der Waals surface area contributed by atoms with Gasteiger partial charge in [0.2, 0.25) is 0 Å². The van der Waals surface area contributed by atoms with Gasteiger partial charge in [-0.05, 0) is 23.8 Å². The monoisotopic (exact) mass is 303 g/mol. The summed E-state index contributed by atoms with van der Waals surface area (Å²) in [6.45, 7) is 0.921. The fraction of sp³-hybridized carbons (Fsp3) is 0.125. The average Bonchev–Trinajstić information content (AvgIpc) is 2.84. The molecule has 1 heterocycles. The van der Waals surface area contributed by atoms with Gasteiger partial charge >= 0.3 is 0 Å². The number of rotatable bonds is 4. The van der Waals surface area contributed by atoms with E-state index >= 15 is 0 Å². The van der Waals surface area contributed by atoms with Gasteiger partial charge in [0, 0.05) is 26.6 Å². The first-order chi connectivity index (χ1) is 9.79. The zero-order chi connectivity index (χ0) is 13.9. The molecule has 4 N–H and O–H groups in total. The molecule has 0 amide bonds. The molecule has 3 aromatic rings. The number of hydrogen-bond donors (Lipinski definition) is 2. The van der Waals surface area contributed by atoms with Gasteiger partial charge in [0.05, 0.1) is 12.2 Å². The molecule has 0 aliphatic rings. The van der Waals surface area contributed by atoms with Crippen molar-refractivity contribution in [2.45, 2.75) is 4.90 Å². The van der Waals surface area contributed by atoms with Gasteiger partial charge in [-0.25, -0.2) is 0 Å². The van der Waals surface area contributed by atoms with Crippen molar-refractivity contribution in [3.05, 3.63) is 53.6 Å². The lowest BCUT2D eigenvalue weighted by molar-refractivity contribution is -0.360. The van der Waals surface area contributed by atoms with E-state index in [-0.39, 0.29) is 0 Å². The summed E-state index contributed by atoms with van der Waals surface area (Å²) in [5.41, 5.74) is 7.43. The van der Waals surface area contributed by atoms with Crippen LogP contribution in [0.1, 0.15) is 0 Å². The summed E-state index contributed by atoms with van der Waals surface area (Å²) in [4.78, 5) is 4.82. The van der Waals surface area contributed by atoms with Crippen LogP contribution in [0.25, 0.3) is 22.2 Å². The first kappa shape index (κ1) is 13.6. The van der Waals surface area contributed by atoms with E-state index in [0.717, 1.165) is 22.9 Å². The SMILES string of the molecule is [NH3+]CCSc1c(-c2ccc(Cl)cc2)[nH]c2ccccc12. The third-order valence-corrected chi connectivity index (χ3v) is 4.64. The van der Waals surface area contributed by atoms with Gasteiger partial charge in [0.1, 0.15) is 0 Å². The van der Waals surface area contributed by atoms with Crippen LogP contribution < -0.4 is 5.73 Å². The summed E-state index contributed by atoms with van der Waals surface area (Å²) in [6, 6.07) is 16.4. The number of thioether (sulfide) groups is 1. The van der Waals surface area contributed by atoms with Crippen LogP contribution in [0.15, 0.2) is 53.4 Å². The Morgan fingerprint density at radius 3 is 2.55 bits per heavy atom. The van der Waals surface area contributed by atoms with Crippen LogP contribution >= 0.6 is 23.4 Å². The number of halogens is 1. The number of quaternary nitrogens is 1. The standard InChI is InChI=1S/C16H15ClN2S/c17-12-7-5-11(6-8-12)15-16(20-10-9-18)13-3-1-2-4-14(13)19-15/h1-8,19H,9-10,18H2/p+1. The Bertz CT molecular complexity index is 719. The van der Waals surface area contributed by atoms with E-state index in [9.17, 15) is 0 Å². The highest BCUT2D eigenvalue weighted by Crippen LogP contribution is 2.37. The second-order valence-electron chi connectivity index (χ2n) is 4.58. The first-order valence-electron chi connectivity index (χ1n) is 6.58. The Morgan fingerprint density at radius 2 is 1.80 bits per heavy atom. The highest BCUT2D eigenvalue weighted by Gasteiger charge is 2.13. The number of hydrogen-bond acceptors (Lipinski definition) is 1. The third-order valence-electron chi connectivity index (χ3n) is 3.18. The van der Waals surface area contributed by atoms with Crippen LogP contribution in [-0.2, 0) is 0 Å². The molecular weight excluding hydrogens is 288 g/mol. The topological polar surface area (TPSA) is 43.4 Å². The maximum atomic E-state index is 5.98. The Morgan fingerprint density at radius 1 is 1.05 bits per heavy atom. The van der Waals surface area contributed by atoms with E-state index in [4.69, 9.17) is 11.6 Å². The van der Waals surface area contributed by atoms with Gasteiger partial charge in [-0.2, -0.15) is 0 Å². The molecular formula is C16H16ClN2S+. The Balaban J connectivity index is 2.15. The third kappa shape index (κ3) is 2.57. The van der Waals surface area contributed by atoms with E-state index < -0.39 is 0 Å². The lowest BCUT2D eigenvalue weighted by Gasteiger charge is -2.04. The van der Waals surface area contributed by atoms with Gasteiger partial charge in [-0.15, -0.1) is 11.8 Å². The van der Waals surface area contributed by atoms with Crippen LogP contribution in [0.5, 0.6) is 0 Å². The number of aromatic nitrogens is 1. The Kier molecular flexibility index (Phi) is 4.01. The second-order valence-corrected chi connectivity index (χ2v) is 6.13. The molecule has 0 fully saturated rings. The highest BCUT2D eigenvalue weighted by atomic mass is 35.5. The predicted molar refractivity (Wildman–Crippen MR) is 87.2 cm³/mol. The van der Waals surface area contributed by atoms with Gasteiger partial charge in [0.25, 0.3) is 0 Å². The molecule has 3 rings (SSSR count). The van der Waals surface area contributed by atoms with Crippen molar-refractivity contribution in [3.63, 3.8) is 0 Å². The molecule has 0 unspecified atom stereocenters. The van der Waals surface area contributed by atoms with Crippen molar-refractivity contribution in [1.29, 1.82) is 0 Å². The van der Waals surface area contributed by atoms with Crippen LogP contribution in [0, 0.1) is 0 Å². The van der Waals surface area contributed by atoms with E-state index in [1.165, 1.54) is 21.5 Å². The molecule has 0 aliphatic heterocycles. The van der Waals surface area contributed by atoms with Crippen LogP contribution in [0.4, 0.5) is 0 Å². The molecule has 0 spiro atoms. The molecule has 0 saturated heterocycles. The van der Waals surface area contributed by atoms with Gasteiger partial charge in [-0.3, -0.25) is 0 Å². The second kappa shape index (κ2) is 5.92. The van der Waals surface area contributed by atoms with Gasteiger partial charge < -0.3 is 10.7 Å². The number of aromatic amines is 1. The van der Waals surface area contributed by atoms with Crippen molar-refractivity contribution >= 4 is 34.3 Å². The van der Waals surface area contributed by atoms with E-state index in [1.807, 2.05) is 23.9 Å². The molecule has 4 heteroatoms. The van der Waals surface area contributed by atoms with Crippen molar-refractivity contribution in [3.8, 4) is 11.3 Å². The predicted octanol–water partition coefficient (Wildman–Crippen LogP) is 3.82. The number of fused-ring (bicyclic) bond motifs is 1. The summed E-state index contributed by atoms with van der Waals surface area (Å²) >= 11 is 7.83. The van der Waals surface area contributed by atoms with Gasteiger partial charge in [0.15, 0.2) is 0 Å². The maximum absolute atomic E-state index is 5.98. The zero-order valence-corrected chi connectivity index (χ0v) is 12.6. The average molecular weight is 304 g/mol. The minimum Gasteiger partial charge on any atom is -0.357 e. The molecule has 2 nitrogen and oxygen atoms in total. The number of para-hydroxylation sites is 1. The summed E-state index contributed by atoms with van der Waals surface area (Å²) in [5.74, 6) is 1.02. The maximum Gasteiger partial charge on any atom is 0.0835 e. The smallest absolute Gasteiger partial charge is 0.0835 e. The molecule has 20 heavy (non-hydrogen) atoms. The van der Waals surface area contributed by atoms with Crippen molar-refractivity contribution in [1.82, 2.24) is 4.98 Å². The Labute approximate surface area is 127 Å². The lowest BCUT2D eigenvalue weighted by atomic mass is 10.1. The van der Waals surface area contributed by atoms with Crippen LogP contribution in [-0.4, -0.2) is 17.3 Å². The highest BCUT2D eigenvalue weighted by molar-refractivity contribution is 7.99. The van der Waals surface area contributed by atoms with E-state index in [1.54, 1.807) is 0 Å². The largest absolute Gasteiger partial charge is 0.357 e. The molecule has 102 valence electrons. The molecule has 0 radical (unpaired) electrons. The normalized spacial score (nSPS) is 11.1. The quantitative estimate of drug-likeness (QED) is 0.707. The molecule has 1 aromatic heterocycles. The molecule has 0 atom stereocenters. The zero-order valence-electron chi connectivity index (χ0n) is 11.0. The summed E-state index contributed by atoms with van der Waals surface area (Å²) in [7, 11) is 0. The minimum absolute atomic E-state index is 0.761. The summed E-state index contributed by atoms with van der Waals surface area (Å²) in [5, 5.41) is 2.03. The fourth-order valence-electron chi connectivity index (χ4n) is 2.26.